The minimum Gasteiger partial charge on any atom is -0.469 e. The summed E-state index contributed by atoms with van der Waals surface area (Å²) in [4.78, 5) is 20.6. The zero-order chi connectivity index (χ0) is 33.1. The van der Waals surface area contributed by atoms with E-state index in [1.165, 1.54) is 13.5 Å². The fourth-order valence-electron chi connectivity index (χ4n) is 10.7. The fourth-order valence-corrected chi connectivity index (χ4v) is 13.1. The predicted octanol–water partition coefficient (Wildman–Crippen LogP) is 5.92. The number of benzene rings is 2. The lowest BCUT2D eigenvalue weighted by Gasteiger charge is -2.60. The van der Waals surface area contributed by atoms with Crippen LogP contribution in [0, 0.1) is 35.4 Å². The smallest absolute Gasteiger partial charge is 0.305 e. The first-order valence-corrected chi connectivity index (χ1v) is 20.0. The van der Waals surface area contributed by atoms with E-state index in [1.54, 1.807) is 12.1 Å². The van der Waals surface area contributed by atoms with Gasteiger partial charge in [-0.2, -0.15) is 0 Å². The SMILES string of the molecule is COC(=O)C[C@H]1CCC[C@@H]1[C@](CN1CCC1)(c1cccc(F)c1)C1CCN(CC2CN(c3ccc(S(=O)(=O)C45CC(C4)C5)cc3)C2)CC1. The number of likely N-dealkylation sites (tertiary alicyclic amines) is 2. The number of nitrogens with zero attached hydrogens (tertiary/aromatic N) is 3. The number of hydrogen-bond donors (Lipinski definition) is 0. The summed E-state index contributed by atoms with van der Waals surface area (Å²) in [6.45, 7) is 8.30. The summed E-state index contributed by atoms with van der Waals surface area (Å²) in [5, 5.41) is 0. The zero-order valence-electron chi connectivity index (χ0n) is 28.5. The molecule has 0 spiro atoms. The van der Waals surface area contributed by atoms with E-state index in [2.05, 4.69) is 20.8 Å². The topological polar surface area (TPSA) is 70.2 Å². The molecule has 3 saturated heterocycles. The number of anilines is 1. The number of methoxy groups -OCH3 is 1. The van der Waals surface area contributed by atoms with Crippen LogP contribution in [0.2, 0.25) is 0 Å². The number of piperidine rings is 1. The summed E-state index contributed by atoms with van der Waals surface area (Å²) in [5.74, 6) is 1.97. The first-order valence-electron chi connectivity index (χ1n) is 18.6. The number of esters is 1. The van der Waals surface area contributed by atoms with E-state index in [4.69, 9.17) is 4.74 Å². The van der Waals surface area contributed by atoms with Crippen LogP contribution in [0.5, 0.6) is 0 Å². The Morgan fingerprint density at radius 3 is 2.27 bits per heavy atom. The third-order valence-electron chi connectivity index (χ3n) is 13.6. The van der Waals surface area contributed by atoms with Gasteiger partial charge in [0, 0.05) is 49.6 Å². The number of halogens is 1. The zero-order valence-corrected chi connectivity index (χ0v) is 29.3. The Hall–Kier alpha value is -2.49. The van der Waals surface area contributed by atoms with Crippen LogP contribution in [0.3, 0.4) is 0 Å². The van der Waals surface area contributed by atoms with E-state index in [0.29, 0.717) is 35.0 Å². The van der Waals surface area contributed by atoms with Crippen LogP contribution in [-0.4, -0.2) is 88.4 Å². The van der Waals surface area contributed by atoms with Gasteiger partial charge in [-0.3, -0.25) is 4.79 Å². The van der Waals surface area contributed by atoms with E-state index in [0.717, 1.165) is 115 Å². The van der Waals surface area contributed by atoms with E-state index < -0.39 is 14.6 Å². The lowest BCUT2D eigenvalue weighted by atomic mass is 9.55. The van der Waals surface area contributed by atoms with Crippen molar-refractivity contribution in [1.29, 1.82) is 0 Å². The van der Waals surface area contributed by atoms with Crippen molar-refractivity contribution in [2.75, 3.05) is 64.4 Å². The molecule has 2 bridgehead atoms. The average Bonchev–Trinajstić information content (AvgIpc) is 3.45. The number of hydrogen-bond acceptors (Lipinski definition) is 7. The molecule has 4 aliphatic carbocycles. The Morgan fingerprint density at radius 2 is 1.67 bits per heavy atom. The molecular formula is C39H52FN3O4S. The van der Waals surface area contributed by atoms with E-state index >= 15 is 0 Å². The Morgan fingerprint density at radius 1 is 0.938 bits per heavy atom. The number of ether oxygens (including phenoxy) is 1. The summed E-state index contributed by atoms with van der Waals surface area (Å²) in [6, 6.07) is 15.1. The summed E-state index contributed by atoms with van der Waals surface area (Å²) >= 11 is 0. The lowest BCUT2D eigenvalue weighted by Crippen LogP contribution is -2.62. The number of sulfone groups is 1. The van der Waals surface area contributed by atoms with Crippen LogP contribution in [-0.2, 0) is 24.8 Å². The Kier molecular flexibility index (Phi) is 8.64. The van der Waals surface area contributed by atoms with Crippen LogP contribution in [0.1, 0.15) is 69.8 Å². The summed E-state index contributed by atoms with van der Waals surface area (Å²) in [6.07, 6.45) is 9.62. The quantitative estimate of drug-likeness (QED) is 0.258. The Bertz CT molecular complexity index is 1580. The highest BCUT2D eigenvalue weighted by Gasteiger charge is 2.65. The molecule has 7 aliphatic rings. The maximum Gasteiger partial charge on any atom is 0.305 e. The van der Waals surface area contributed by atoms with Crippen LogP contribution < -0.4 is 4.90 Å². The number of carbonyl (C=O) groups excluding carboxylic acids is 1. The molecule has 0 N–H and O–H groups in total. The molecule has 7 nitrogen and oxygen atoms in total. The van der Waals surface area contributed by atoms with Gasteiger partial charge in [0.2, 0.25) is 0 Å². The first kappa shape index (κ1) is 32.7. The van der Waals surface area contributed by atoms with Crippen molar-refractivity contribution >= 4 is 21.5 Å². The van der Waals surface area contributed by atoms with Crippen LogP contribution in [0.15, 0.2) is 53.4 Å². The standard InChI is InChI=1S/C39H52FN3O4S/c1-47-37(44)19-30-5-2-8-36(30)39(27-42-15-4-16-42,32-6-3-7-33(40)20-32)31-13-17-41(18-14-31)24-29-25-43(26-29)34-9-11-35(12-10-34)48(45,46)38-21-28(22-38)23-38/h3,6-7,9-12,20,28-31,36H,2,4-5,8,13-19,21-27H2,1H3/t28?,30-,36+,38?,39+/m1/s1. The molecule has 0 amide bonds. The highest BCUT2D eigenvalue weighted by atomic mass is 32.2. The molecule has 9 rings (SSSR count). The molecule has 2 aromatic rings. The molecule has 3 heterocycles. The van der Waals surface area contributed by atoms with E-state index in [9.17, 15) is 17.6 Å². The van der Waals surface area contributed by atoms with E-state index in [-0.39, 0.29) is 23.1 Å². The molecule has 9 heteroatoms. The van der Waals surface area contributed by atoms with Crippen LogP contribution in [0.25, 0.3) is 0 Å². The van der Waals surface area contributed by atoms with Crippen molar-refractivity contribution in [2.24, 2.45) is 29.6 Å². The van der Waals surface area contributed by atoms with Gasteiger partial charge >= 0.3 is 5.97 Å². The van der Waals surface area contributed by atoms with E-state index in [1.807, 2.05) is 30.3 Å². The Labute approximate surface area is 286 Å². The molecule has 4 saturated carbocycles. The van der Waals surface area contributed by atoms with Gasteiger partial charge in [-0.25, -0.2) is 12.8 Å². The molecule has 48 heavy (non-hydrogen) atoms. The maximum absolute atomic E-state index is 15.0. The van der Waals surface area contributed by atoms with Gasteiger partial charge in [-0.1, -0.05) is 18.6 Å². The molecule has 3 atom stereocenters. The average molecular weight is 678 g/mol. The van der Waals surface area contributed by atoms with Crippen LogP contribution in [0.4, 0.5) is 10.1 Å². The van der Waals surface area contributed by atoms with Crippen LogP contribution >= 0.6 is 0 Å². The van der Waals surface area contributed by atoms with Gasteiger partial charge in [0.05, 0.1) is 16.8 Å². The van der Waals surface area contributed by atoms with Gasteiger partial charge in [-0.05, 0) is 143 Å². The maximum atomic E-state index is 15.0. The van der Waals surface area contributed by atoms with Gasteiger partial charge < -0.3 is 19.4 Å². The second kappa shape index (κ2) is 12.7. The Balaban J connectivity index is 0.930. The van der Waals surface area contributed by atoms with Gasteiger partial charge in [0.25, 0.3) is 0 Å². The number of carbonyl (C=O) groups is 1. The summed E-state index contributed by atoms with van der Waals surface area (Å²) in [7, 11) is -1.73. The van der Waals surface area contributed by atoms with Crippen molar-refractivity contribution in [3.05, 3.63) is 59.9 Å². The molecule has 7 fully saturated rings. The predicted molar refractivity (Wildman–Crippen MR) is 185 cm³/mol. The molecule has 260 valence electrons. The fraction of sp³-hybridized carbons (Fsp3) is 0.667. The van der Waals surface area contributed by atoms with Crippen molar-refractivity contribution in [3.8, 4) is 0 Å². The largest absolute Gasteiger partial charge is 0.469 e. The second-order valence-electron chi connectivity index (χ2n) is 16.3. The normalized spacial score (nSPS) is 30.9. The minimum absolute atomic E-state index is 0.126. The molecular weight excluding hydrogens is 626 g/mol. The highest BCUT2D eigenvalue weighted by molar-refractivity contribution is 7.93. The minimum atomic E-state index is -3.22. The van der Waals surface area contributed by atoms with Gasteiger partial charge in [0.15, 0.2) is 9.84 Å². The summed E-state index contributed by atoms with van der Waals surface area (Å²) in [5.41, 5.74) is 2.06. The number of rotatable bonds is 12. The second-order valence-corrected chi connectivity index (χ2v) is 18.6. The molecule has 2 aromatic carbocycles. The van der Waals surface area contributed by atoms with Gasteiger partial charge in [0.1, 0.15) is 5.82 Å². The van der Waals surface area contributed by atoms with Crippen molar-refractivity contribution < 1.29 is 22.3 Å². The van der Waals surface area contributed by atoms with Crippen molar-refractivity contribution in [2.45, 2.75) is 79.3 Å². The first-order chi connectivity index (χ1) is 23.2. The molecule has 0 unspecified atom stereocenters. The third-order valence-corrected chi connectivity index (χ3v) is 16.2. The van der Waals surface area contributed by atoms with Crippen molar-refractivity contribution in [1.82, 2.24) is 9.80 Å². The monoisotopic (exact) mass is 677 g/mol. The molecule has 3 aliphatic heterocycles. The third kappa shape index (κ3) is 5.60. The molecule has 0 radical (unpaired) electrons. The lowest BCUT2D eigenvalue weighted by molar-refractivity contribution is -0.142. The van der Waals surface area contributed by atoms with Crippen molar-refractivity contribution in [3.63, 3.8) is 0 Å². The van der Waals surface area contributed by atoms with Gasteiger partial charge in [-0.15, -0.1) is 0 Å². The molecule has 0 aromatic heterocycles. The highest BCUT2D eigenvalue weighted by Crippen LogP contribution is 2.63. The summed E-state index contributed by atoms with van der Waals surface area (Å²) < 4.78 is 46.0.